The van der Waals surface area contributed by atoms with Crippen molar-refractivity contribution in [2.45, 2.75) is 13.0 Å². The Morgan fingerprint density at radius 3 is 2.50 bits per heavy atom. The first-order valence-electron chi connectivity index (χ1n) is 2.72. The molecule has 58 valence electrons. The summed E-state index contributed by atoms with van der Waals surface area (Å²) in [5, 5.41) is 0. The smallest absolute Gasteiger partial charge is 0.203 e. The second kappa shape index (κ2) is 4.83. The van der Waals surface area contributed by atoms with Crippen LogP contribution in [0.5, 0.6) is 0 Å². The molecule has 0 saturated carbocycles. The van der Waals surface area contributed by atoms with Gasteiger partial charge in [0, 0.05) is 5.75 Å². The third kappa shape index (κ3) is 4.91. The number of hydrogen-bond acceptors (Lipinski definition) is 4. The van der Waals surface area contributed by atoms with Crippen molar-refractivity contribution in [2.24, 2.45) is 5.73 Å². The summed E-state index contributed by atoms with van der Waals surface area (Å²) in [4.78, 5) is 20.7. The summed E-state index contributed by atoms with van der Waals surface area (Å²) in [6, 6.07) is -0.505. The van der Waals surface area contributed by atoms with Crippen molar-refractivity contribution < 1.29 is 9.59 Å². The Morgan fingerprint density at radius 1 is 1.70 bits per heavy atom. The fourth-order valence-electron chi connectivity index (χ4n) is 0.289. The summed E-state index contributed by atoms with van der Waals surface area (Å²) in [6.45, 7) is 1.42. The number of hydrogen-bond donors (Lipinski definition) is 1. The maximum absolute atomic E-state index is 10.5. The minimum absolute atomic E-state index is 0.0845. The average Bonchev–Trinajstić information content (AvgIpc) is 1.82. The van der Waals surface area contributed by atoms with Gasteiger partial charge in [-0.3, -0.25) is 9.59 Å². The molecule has 0 amide bonds. The molecular formula is C5H10NO2PS. The quantitative estimate of drug-likeness (QED) is 0.645. The highest BCUT2D eigenvalue weighted by atomic mass is 32.2. The molecule has 0 aliphatic carbocycles. The fraction of sp³-hybridized carbons (Fsp3) is 0.600. The van der Waals surface area contributed by atoms with E-state index in [9.17, 15) is 9.59 Å². The van der Waals surface area contributed by atoms with Crippen LogP contribution in [-0.2, 0) is 4.79 Å². The second-order valence-corrected chi connectivity index (χ2v) is 3.81. The zero-order valence-electron chi connectivity index (χ0n) is 5.66. The highest BCUT2D eigenvalue weighted by molar-refractivity contribution is 8.21. The van der Waals surface area contributed by atoms with Gasteiger partial charge in [-0.15, -0.1) is 0 Å². The van der Waals surface area contributed by atoms with E-state index >= 15 is 0 Å². The van der Waals surface area contributed by atoms with Gasteiger partial charge in [0.25, 0.3) is 0 Å². The third-order valence-corrected chi connectivity index (χ3v) is 2.24. The molecule has 0 aliphatic heterocycles. The van der Waals surface area contributed by atoms with Crippen LogP contribution in [0, 0.1) is 0 Å². The highest BCUT2D eigenvalue weighted by Gasteiger charge is 2.08. The minimum atomic E-state index is -0.505. The zero-order chi connectivity index (χ0) is 8.15. The van der Waals surface area contributed by atoms with E-state index in [4.69, 9.17) is 5.73 Å². The molecule has 0 rings (SSSR count). The minimum Gasteiger partial charge on any atom is -0.321 e. The normalized spacial score (nSPS) is 12.7. The first kappa shape index (κ1) is 10.1. The van der Waals surface area contributed by atoms with Crippen LogP contribution in [0.3, 0.4) is 0 Å². The summed E-state index contributed by atoms with van der Waals surface area (Å²) in [6.07, 6.45) is 0. The molecule has 0 aliphatic rings. The van der Waals surface area contributed by atoms with Crippen LogP contribution < -0.4 is 5.73 Å². The molecule has 0 saturated heterocycles. The van der Waals surface area contributed by atoms with Crippen molar-refractivity contribution in [3.05, 3.63) is 0 Å². The highest BCUT2D eigenvalue weighted by Crippen LogP contribution is 2.10. The number of carbonyl (C=O) groups is 2. The lowest BCUT2D eigenvalue weighted by atomic mass is 10.3. The molecule has 2 unspecified atom stereocenters. The van der Waals surface area contributed by atoms with E-state index in [0.717, 1.165) is 11.8 Å². The van der Waals surface area contributed by atoms with Gasteiger partial charge in [0.15, 0.2) is 0 Å². The number of carbonyl (C=O) groups excluding carboxylic acids is 2. The average molecular weight is 179 g/mol. The molecule has 0 radical (unpaired) electrons. The lowest BCUT2D eigenvalue weighted by molar-refractivity contribution is -0.117. The molecule has 5 heteroatoms. The number of thioether (sulfide) groups is 1. The molecule has 0 fully saturated rings. The monoisotopic (exact) mass is 179 g/mol. The summed E-state index contributed by atoms with van der Waals surface area (Å²) in [7, 11) is 2.01. The molecular weight excluding hydrogens is 169 g/mol. The molecule has 0 aromatic carbocycles. The van der Waals surface area contributed by atoms with Gasteiger partial charge in [0.2, 0.25) is 4.86 Å². The molecule has 2 atom stereocenters. The molecule has 0 bridgehead atoms. The molecule has 2 N–H and O–H groups in total. The van der Waals surface area contributed by atoms with E-state index in [1.54, 1.807) is 0 Å². The van der Waals surface area contributed by atoms with Gasteiger partial charge in [-0.2, -0.15) is 0 Å². The first-order valence-corrected chi connectivity index (χ1v) is 4.28. The Bertz CT molecular complexity index is 151. The topological polar surface area (TPSA) is 60.2 Å². The molecule has 0 spiro atoms. The third-order valence-electron chi connectivity index (χ3n) is 0.927. The largest absolute Gasteiger partial charge is 0.321 e. The number of Topliss-reactive ketones (excluding diaryl/α,β-unsaturated/α-hetero) is 1. The summed E-state index contributed by atoms with van der Waals surface area (Å²) in [5.74, 6) is 0.288. The SMILES string of the molecule is CC(=O)C(N)CSC(=O)P. The summed E-state index contributed by atoms with van der Waals surface area (Å²) >= 11 is 1.05. The second-order valence-electron chi connectivity index (χ2n) is 1.85. The van der Waals surface area contributed by atoms with Crippen LogP contribution in [0.15, 0.2) is 0 Å². The summed E-state index contributed by atoms with van der Waals surface area (Å²) in [5.41, 5.74) is 5.33. The summed E-state index contributed by atoms with van der Waals surface area (Å²) < 4.78 is 0. The van der Waals surface area contributed by atoms with Gasteiger partial charge >= 0.3 is 0 Å². The van der Waals surface area contributed by atoms with E-state index in [-0.39, 0.29) is 10.6 Å². The molecule has 0 heterocycles. The van der Waals surface area contributed by atoms with Crippen LogP contribution in [0.4, 0.5) is 4.79 Å². The maximum atomic E-state index is 10.5. The van der Waals surface area contributed by atoms with Gasteiger partial charge in [-0.25, -0.2) is 0 Å². The zero-order valence-corrected chi connectivity index (χ0v) is 7.64. The molecule has 3 nitrogen and oxygen atoms in total. The molecule has 0 aromatic rings. The van der Waals surface area contributed by atoms with E-state index in [0.29, 0.717) is 5.75 Å². The van der Waals surface area contributed by atoms with Gasteiger partial charge < -0.3 is 5.73 Å². The number of rotatable bonds is 3. The Morgan fingerprint density at radius 2 is 2.20 bits per heavy atom. The lowest BCUT2D eigenvalue weighted by Crippen LogP contribution is -2.30. The van der Waals surface area contributed by atoms with Crippen LogP contribution in [0.1, 0.15) is 6.92 Å². The fourth-order valence-corrected chi connectivity index (χ4v) is 1.16. The van der Waals surface area contributed by atoms with Crippen molar-refractivity contribution >= 4 is 31.6 Å². The van der Waals surface area contributed by atoms with Crippen LogP contribution in [-0.4, -0.2) is 22.4 Å². The van der Waals surface area contributed by atoms with E-state index < -0.39 is 6.04 Å². The number of ketones is 1. The van der Waals surface area contributed by atoms with Crippen molar-refractivity contribution in [2.75, 3.05) is 5.75 Å². The van der Waals surface area contributed by atoms with Crippen LogP contribution in [0.2, 0.25) is 0 Å². The van der Waals surface area contributed by atoms with Crippen LogP contribution in [0.25, 0.3) is 0 Å². The van der Waals surface area contributed by atoms with Gasteiger partial charge in [-0.05, 0) is 6.92 Å². The molecule has 0 aromatic heterocycles. The maximum Gasteiger partial charge on any atom is 0.203 e. The van der Waals surface area contributed by atoms with Crippen molar-refractivity contribution in [3.8, 4) is 0 Å². The van der Waals surface area contributed by atoms with Crippen molar-refractivity contribution in [1.82, 2.24) is 0 Å². The Kier molecular flexibility index (Phi) is 4.87. The Balaban J connectivity index is 3.49. The van der Waals surface area contributed by atoms with Crippen molar-refractivity contribution in [1.29, 1.82) is 0 Å². The van der Waals surface area contributed by atoms with E-state index in [1.165, 1.54) is 6.92 Å². The Hall–Kier alpha value is 0.0800. The predicted molar refractivity (Wildman–Crippen MR) is 46.2 cm³/mol. The first-order chi connectivity index (χ1) is 4.54. The standard InChI is InChI=1S/C5H10NO2PS/c1-3(7)4(6)2-10-5(8)9/h4H,2,6,9H2,1H3. The Labute approximate surface area is 66.3 Å². The van der Waals surface area contributed by atoms with Gasteiger partial charge in [0.1, 0.15) is 5.78 Å². The lowest BCUT2D eigenvalue weighted by Gasteiger charge is -2.03. The van der Waals surface area contributed by atoms with Gasteiger partial charge in [0.05, 0.1) is 6.04 Å². The van der Waals surface area contributed by atoms with E-state index in [1.807, 2.05) is 9.24 Å². The number of nitrogens with two attached hydrogens (primary N) is 1. The predicted octanol–water partition coefficient (Wildman–Crippen LogP) is 0.631. The van der Waals surface area contributed by atoms with Crippen LogP contribution >= 0.6 is 21.0 Å². The van der Waals surface area contributed by atoms with E-state index in [2.05, 4.69) is 0 Å². The molecule has 10 heavy (non-hydrogen) atoms. The van der Waals surface area contributed by atoms with Gasteiger partial charge in [-0.1, -0.05) is 21.0 Å². The van der Waals surface area contributed by atoms with Crippen molar-refractivity contribution in [3.63, 3.8) is 0 Å².